The minimum atomic E-state index is -0.853. The van der Waals surface area contributed by atoms with Crippen LogP contribution in [0.3, 0.4) is 0 Å². The standard InChI is InChI=1S/C61H117NO5/c1-3-5-7-9-11-13-15-17-19-21-23-25-27-31-35-39-43-47-51-55-61(66)67-56-52-48-44-40-36-32-28-30-34-38-42-46-50-54-60(65)62-58(57-63)59(64)53-49-45-41-37-33-29-26-24-22-20-18-16-14-12-10-8-6-4-2/h17,19,49,53,58-59,63-64H,3-16,18,20-48,50-52,54-57H2,1-2H3,(H,62,65)/b19-17-,53-49+. The molecule has 396 valence electrons. The molecule has 0 heterocycles. The average Bonchev–Trinajstić information content (AvgIpc) is 3.33. The summed E-state index contributed by atoms with van der Waals surface area (Å²) in [7, 11) is 0. The Kier molecular flexibility index (Phi) is 55.5. The van der Waals surface area contributed by atoms with Crippen LogP contribution in [0.1, 0.15) is 328 Å². The van der Waals surface area contributed by atoms with E-state index >= 15 is 0 Å². The number of allylic oxidation sites excluding steroid dienone is 3. The van der Waals surface area contributed by atoms with Crippen molar-refractivity contribution < 1.29 is 24.5 Å². The number of hydrogen-bond acceptors (Lipinski definition) is 5. The van der Waals surface area contributed by atoms with E-state index in [4.69, 9.17) is 4.74 Å². The molecule has 0 aromatic carbocycles. The molecule has 2 unspecified atom stereocenters. The predicted octanol–water partition coefficient (Wildman–Crippen LogP) is 18.6. The Labute approximate surface area is 418 Å². The fraction of sp³-hybridized carbons (Fsp3) is 0.902. The molecule has 0 radical (unpaired) electrons. The van der Waals surface area contributed by atoms with Gasteiger partial charge in [0.1, 0.15) is 0 Å². The van der Waals surface area contributed by atoms with E-state index in [0.29, 0.717) is 19.4 Å². The molecule has 0 aromatic heterocycles. The fourth-order valence-corrected chi connectivity index (χ4v) is 9.34. The van der Waals surface area contributed by atoms with E-state index in [1.165, 1.54) is 244 Å². The molecule has 6 heteroatoms. The zero-order chi connectivity index (χ0) is 48.6. The van der Waals surface area contributed by atoms with E-state index in [9.17, 15) is 19.8 Å². The number of nitrogens with one attached hydrogen (secondary N) is 1. The van der Waals surface area contributed by atoms with Gasteiger partial charge in [0.05, 0.1) is 25.4 Å². The second kappa shape index (κ2) is 56.9. The highest BCUT2D eigenvalue weighted by Gasteiger charge is 2.18. The number of carbonyl (C=O) groups is 2. The Morgan fingerprint density at radius 3 is 1.06 bits per heavy atom. The summed E-state index contributed by atoms with van der Waals surface area (Å²) in [5, 5.41) is 23.1. The Morgan fingerprint density at radius 1 is 0.403 bits per heavy atom. The maximum absolute atomic E-state index is 12.5. The molecular formula is C61H117NO5. The SMILES string of the molecule is CCCCCCCC/C=C\CCCCCCCCCCCC(=O)OCCCCCCCCCCCCCCCC(=O)NC(CO)C(O)/C=C/CCCCCCCCCCCCCCCCCC. The van der Waals surface area contributed by atoms with Gasteiger partial charge in [-0.1, -0.05) is 282 Å². The molecule has 67 heavy (non-hydrogen) atoms. The summed E-state index contributed by atoms with van der Waals surface area (Å²) in [4.78, 5) is 24.6. The minimum absolute atomic E-state index is 0.00672. The van der Waals surface area contributed by atoms with Gasteiger partial charge in [0.2, 0.25) is 5.91 Å². The van der Waals surface area contributed by atoms with E-state index in [-0.39, 0.29) is 18.5 Å². The number of rotatable bonds is 56. The number of esters is 1. The first-order valence-corrected chi connectivity index (χ1v) is 30.1. The van der Waals surface area contributed by atoms with Crippen LogP contribution in [0.25, 0.3) is 0 Å². The van der Waals surface area contributed by atoms with Gasteiger partial charge >= 0.3 is 5.97 Å². The minimum Gasteiger partial charge on any atom is -0.466 e. The van der Waals surface area contributed by atoms with E-state index in [1.54, 1.807) is 6.08 Å². The van der Waals surface area contributed by atoms with Crippen molar-refractivity contribution in [2.24, 2.45) is 0 Å². The van der Waals surface area contributed by atoms with E-state index < -0.39 is 12.1 Å². The molecule has 0 saturated carbocycles. The Balaban J connectivity index is 3.46. The van der Waals surface area contributed by atoms with Crippen molar-refractivity contribution in [3.63, 3.8) is 0 Å². The van der Waals surface area contributed by atoms with Crippen LogP contribution in [0.5, 0.6) is 0 Å². The number of carbonyl (C=O) groups excluding carboxylic acids is 2. The smallest absolute Gasteiger partial charge is 0.305 e. The quantitative estimate of drug-likeness (QED) is 0.0321. The van der Waals surface area contributed by atoms with Crippen LogP contribution in [0.2, 0.25) is 0 Å². The monoisotopic (exact) mass is 944 g/mol. The molecule has 0 spiro atoms. The maximum Gasteiger partial charge on any atom is 0.305 e. The Hall–Kier alpha value is -1.66. The molecule has 6 nitrogen and oxygen atoms in total. The zero-order valence-electron chi connectivity index (χ0n) is 45.1. The van der Waals surface area contributed by atoms with E-state index in [1.807, 2.05) is 6.08 Å². The summed E-state index contributed by atoms with van der Waals surface area (Å²) in [6.45, 7) is 4.89. The molecule has 0 aliphatic carbocycles. The third kappa shape index (κ3) is 53.5. The van der Waals surface area contributed by atoms with E-state index in [2.05, 4.69) is 31.3 Å². The molecule has 1 amide bonds. The molecule has 0 saturated heterocycles. The lowest BCUT2D eigenvalue weighted by molar-refractivity contribution is -0.143. The largest absolute Gasteiger partial charge is 0.466 e. The molecule has 0 aliphatic rings. The summed E-state index contributed by atoms with van der Waals surface area (Å²) < 4.78 is 5.49. The molecule has 0 aromatic rings. The van der Waals surface area contributed by atoms with Crippen LogP contribution in [-0.2, 0) is 14.3 Å². The highest BCUT2D eigenvalue weighted by Crippen LogP contribution is 2.17. The second-order valence-electron chi connectivity index (χ2n) is 20.7. The summed E-state index contributed by atoms with van der Waals surface area (Å²) in [6.07, 6.45) is 69.1. The highest BCUT2D eigenvalue weighted by atomic mass is 16.5. The Morgan fingerprint density at radius 2 is 0.701 bits per heavy atom. The van der Waals surface area contributed by atoms with Gasteiger partial charge in [0.25, 0.3) is 0 Å². The third-order valence-corrected chi connectivity index (χ3v) is 14.0. The highest BCUT2D eigenvalue weighted by molar-refractivity contribution is 5.76. The second-order valence-corrected chi connectivity index (χ2v) is 20.7. The predicted molar refractivity (Wildman–Crippen MR) is 292 cm³/mol. The molecule has 0 bridgehead atoms. The zero-order valence-corrected chi connectivity index (χ0v) is 45.1. The van der Waals surface area contributed by atoms with Gasteiger partial charge < -0.3 is 20.3 Å². The van der Waals surface area contributed by atoms with Gasteiger partial charge in [-0.15, -0.1) is 0 Å². The van der Waals surface area contributed by atoms with Crippen LogP contribution in [0.15, 0.2) is 24.3 Å². The Bertz CT molecular complexity index is 1040. The molecule has 0 rings (SSSR count). The number of unbranched alkanes of at least 4 members (excludes halogenated alkanes) is 43. The van der Waals surface area contributed by atoms with Gasteiger partial charge in [0, 0.05) is 12.8 Å². The summed E-state index contributed by atoms with van der Waals surface area (Å²) in [6, 6.07) is -0.638. The summed E-state index contributed by atoms with van der Waals surface area (Å²) in [5.74, 6) is -0.0851. The molecule has 0 fully saturated rings. The van der Waals surface area contributed by atoms with Gasteiger partial charge in [-0.25, -0.2) is 0 Å². The van der Waals surface area contributed by atoms with Crippen LogP contribution < -0.4 is 5.32 Å². The van der Waals surface area contributed by atoms with Crippen LogP contribution in [0, 0.1) is 0 Å². The van der Waals surface area contributed by atoms with Crippen molar-refractivity contribution in [3.05, 3.63) is 24.3 Å². The molecular weight excluding hydrogens is 827 g/mol. The summed E-state index contributed by atoms with van der Waals surface area (Å²) in [5.41, 5.74) is 0. The van der Waals surface area contributed by atoms with Crippen molar-refractivity contribution in [2.75, 3.05) is 13.2 Å². The van der Waals surface area contributed by atoms with Crippen molar-refractivity contribution >= 4 is 11.9 Å². The van der Waals surface area contributed by atoms with Crippen LogP contribution in [0.4, 0.5) is 0 Å². The van der Waals surface area contributed by atoms with Crippen LogP contribution in [-0.4, -0.2) is 47.4 Å². The summed E-state index contributed by atoms with van der Waals surface area (Å²) >= 11 is 0. The molecule has 3 N–H and O–H groups in total. The lowest BCUT2D eigenvalue weighted by Crippen LogP contribution is -2.45. The van der Waals surface area contributed by atoms with Crippen molar-refractivity contribution in [1.82, 2.24) is 5.32 Å². The normalized spacial score (nSPS) is 12.7. The van der Waals surface area contributed by atoms with Crippen LogP contribution >= 0.6 is 0 Å². The van der Waals surface area contributed by atoms with Crippen molar-refractivity contribution in [1.29, 1.82) is 0 Å². The van der Waals surface area contributed by atoms with Gasteiger partial charge in [0.15, 0.2) is 0 Å². The van der Waals surface area contributed by atoms with Gasteiger partial charge in [-0.2, -0.15) is 0 Å². The first-order chi connectivity index (χ1) is 33.0. The number of amides is 1. The lowest BCUT2D eigenvalue weighted by atomic mass is 10.0. The fourth-order valence-electron chi connectivity index (χ4n) is 9.34. The first-order valence-electron chi connectivity index (χ1n) is 30.1. The number of aliphatic hydroxyl groups excluding tert-OH is 2. The lowest BCUT2D eigenvalue weighted by Gasteiger charge is -2.20. The number of ether oxygens (including phenoxy) is 1. The molecule has 2 atom stereocenters. The first kappa shape index (κ1) is 65.3. The third-order valence-electron chi connectivity index (χ3n) is 14.0. The number of aliphatic hydroxyl groups is 2. The number of hydrogen-bond donors (Lipinski definition) is 3. The van der Waals surface area contributed by atoms with Gasteiger partial charge in [-0.3, -0.25) is 9.59 Å². The van der Waals surface area contributed by atoms with Crippen molar-refractivity contribution in [3.8, 4) is 0 Å². The average molecular weight is 945 g/mol. The van der Waals surface area contributed by atoms with Gasteiger partial charge in [-0.05, 0) is 57.8 Å². The molecule has 0 aliphatic heterocycles. The van der Waals surface area contributed by atoms with E-state index in [0.717, 1.165) is 57.8 Å². The van der Waals surface area contributed by atoms with Crippen molar-refractivity contribution in [2.45, 2.75) is 341 Å². The topological polar surface area (TPSA) is 95.9 Å². The maximum atomic E-state index is 12.5.